The molecule has 2 aromatic rings. The van der Waals surface area contributed by atoms with Gasteiger partial charge in [0.1, 0.15) is 5.75 Å². The van der Waals surface area contributed by atoms with E-state index in [1.54, 1.807) is 43.5 Å². The number of methoxy groups -OCH3 is 1. The maximum absolute atomic E-state index is 12.6. The molecule has 0 saturated carbocycles. The van der Waals surface area contributed by atoms with E-state index in [-0.39, 0.29) is 30.4 Å². The van der Waals surface area contributed by atoms with Gasteiger partial charge in [-0.2, -0.15) is 0 Å². The summed E-state index contributed by atoms with van der Waals surface area (Å²) in [5.74, 6) is -0.494. The van der Waals surface area contributed by atoms with E-state index < -0.39 is 11.1 Å². The number of nitrogens with one attached hydrogen (secondary N) is 1. The predicted molar refractivity (Wildman–Crippen MR) is 117 cm³/mol. The Morgan fingerprint density at radius 3 is 2.71 bits per heavy atom. The Hall–Kier alpha value is -3.46. The van der Waals surface area contributed by atoms with Crippen LogP contribution in [-0.4, -0.2) is 52.4 Å². The van der Waals surface area contributed by atoms with Crippen LogP contribution in [0, 0.1) is 0 Å². The second-order valence-corrected chi connectivity index (χ2v) is 7.78. The Bertz CT molecular complexity index is 1040. The van der Waals surface area contributed by atoms with E-state index in [2.05, 4.69) is 5.32 Å². The number of thioether (sulfide) groups is 1. The number of rotatable bonds is 8. The molecule has 0 unspecified atom stereocenters. The van der Waals surface area contributed by atoms with Crippen LogP contribution in [0.4, 0.5) is 4.79 Å². The largest absolute Gasteiger partial charge is 0.504 e. The molecule has 8 nitrogen and oxygen atoms in total. The normalized spacial score (nSPS) is 14.9. The number of phenols is 2. The van der Waals surface area contributed by atoms with Gasteiger partial charge in [-0.3, -0.25) is 19.3 Å². The molecule has 31 heavy (non-hydrogen) atoms. The number of hydrogen-bond acceptors (Lipinski definition) is 7. The third-order valence-electron chi connectivity index (χ3n) is 4.60. The van der Waals surface area contributed by atoms with Crippen LogP contribution in [0.15, 0.2) is 47.4 Å². The number of phenolic OH excluding ortho intramolecular Hbond substituents is 2. The quantitative estimate of drug-likeness (QED) is 0.425. The molecule has 0 aliphatic carbocycles. The second-order valence-electron chi connectivity index (χ2n) is 6.78. The van der Waals surface area contributed by atoms with Crippen molar-refractivity contribution in [2.75, 3.05) is 20.2 Å². The van der Waals surface area contributed by atoms with Gasteiger partial charge in [-0.15, -0.1) is 0 Å². The maximum Gasteiger partial charge on any atom is 0.293 e. The third kappa shape index (κ3) is 5.79. The van der Waals surface area contributed by atoms with Crippen molar-refractivity contribution in [2.45, 2.75) is 12.8 Å². The van der Waals surface area contributed by atoms with Crippen LogP contribution in [0.25, 0.3) is 6.08 Å². The van der Waals surface area contributed by atoms with Crippen molar-refractivity contribution in [3.05, 3.63) is 58.5 Å². The van der Waals surface area contributed by atoms with Crippen molar-refractivity contribution in [3.8, 4) is 17.2 Å². The van der Waals surface area contributed by atoms with Gasteiger partial charge in [0.2, 0.25) is 5.91 Å². The SMILES string of the molecule is COc1cccc(/C=C2\SC(=O)N(CCC(=O)NCCc3ccc(O)c(O)c3)C2=O)c1. The van der Waals surface area contributed by atoms with Gasteiger partial charge in [0.25, 0.3) is 11.1 Å². The Balaban J connectivity index is 1.49. The third-order valence-corrected chi connectivity index (χ3v) is 5.51. The van der Waals surface area contributed by atoms with Crippen LogP contribution >= 0.6 is 11.8 Å². The highest BCUT2D eigenvalue weighted by molar-refractivity contribution is 8.18. The van der Waals surface area contributed by atoms with E-state index in [1.165, 1.54) is 12.1 Å². The fraction of sp³-hybridized carbons (Fsp3) is 0.227. The van der Waals surface area contributed by atoms with Crippen LogP contribution in [0.2, 0.25) is 0 Å². The minimum Gasteiger partial charge on any atom is -0.504 e. The highest BCUT2D eigenvalue weighted by Gasteiger charge is 2.35. The smallest absolute Gasteiger partial charge is 0.293 e. The van der Waals surface area contributed by atoms with Crippen molar-refractivity contribution in [1.82, 2.24) is 10.2 Å². The van der Waals surface area contributed by atoms with Crippen molar-refractivity contribution >= 4 is 34.9 Å². The van der Waals surface area contributed by atoms with Crippen LogP contribution in [0.1, 0.15) is 17.5 Å². The van der Waals surface area contributed by atoms with Crippen LogP contribution in [-0.2, 0) is 16.0 Å². The summed E-state index contributed by atoms with van der Waals surface area (Å²) >= 11 is 0.841. The molecule has 3 amide bonds. The summed E-state index contributed by atoms with van der Waals surface area (Å²) in [6.45, 7) is 0.312. The number of amides is 3. The van der Waals surface area contributed by atoms with Crippen molar-refractivity contribution in [3.63, 3.8) is 0 Å². The van der Waals surface area contributed by atoms with Crippen molar-refractivity contribution < 1.29 is 29.3 Å². The summed E-state index contributed by atoms with van der Waals surface area (Å²) in [5.41, 5.74) is 1.49. The van der Waals surface area contributed by atoms with Gasteiger partial charge in [0.15, 0.2) is 11.5 Å². The lowest BCUT2D eigenvalue weighted by atomic mass is 10.1. The number of hydrogen-bond donors (Lipinski definition) is 3. The minimum atomic E-state index is -0.426. The molecule has 9 heteroatoms. The predicted octanol–water partition coefficient (Wildman–Crippen LogP) is 2.89. The number of nitrogens with zero attached hydrogens (tertiary/aromatic N) is 1. The van der Waals surface area contributed by atoms with Crippen molar-refractivity contribution in [2.24, 2.45) is 0 Å². The maximum atomic E-state index is 12.6. The van der Waals surface area contributed by atoms with E-state index in [4.69, 9.17) is 4.74 Å². The lowest BCUT2D eigenvalue weighted by molar-refractivity contribution is -0.124. The lowest BCUT2D eigenvalue weighted by Gasteiger charge is -2.12. The molecular weight excluding hydrogens is 420 g/mol. The molecular formula is C22H22N2O6S. The van der Waals surface area contributed by atoms with Crippen LogP contribution in [0.3, 0.4) is 0 Å². The van der Waals surface area contributed by atoms with Crippen molar-refractivity contribution in [1.29, 1.82) is 0 Å². The lowest BCUT2D eigenvalue weighted by Crippen LogP contribution is -2.34. The van der Waals surface area contributed by atoms with E-state index in [0.29, 0.717) is 23.6 Å². The topological polar surface area (TPSA) is 116 Å². The zero-order valence-corrected chi connectivity index (χ0v) is 17.6. The molecule has 1 heterocycles. The highest BCUT2D eigenvalue weighted by Crippen LogP contribution is 2.32. The summed E-state index contributed by atoms with van der Waals surface area (Å²) in [7, 11) is 1.55. The standard InChI is InChI=1S/C22H22N2O6S/c1-30-16-4-2-3-15(11-16)13-19-21(28)24(22(29)31-19)10-8-20(27)23-9-7-14-5-6-17(25)18(26)12-14/h2-6,11-13,25-26H,7-10H2,1H3,(H,23,27)/b19-13-. The molecule has 0 bridgehead atoms. The first-order valence-electron chi connectivity index (χ1n) is 9.54. The average Bonchev–Trinajstić information content (AvgIpc) is 3.01. The van der Waals surface area contributed by atoms with E-state index >= 15 is 0 Å². The van der Waals surface area contributed by atoms with Gasteiger partial charge in [0.05, 0.1) is 12.0 Å². The summed E-state index contributed by atoms with van der Waals surface area (Å²) in [6, 6.07) is 11.6. The van der Waals surface area contributed by atoms with Gasteiger partial charge >= 0.3 is 0 Å². The number of benzene rings is 2. The van der Waals surface area contributed by atoms with E-state index in [9.17, 15) is 24.6 Å². The molecule has 0 radical (unpaired) electrons. The molecule has 162 valence electrons. The molecule has 1 fully saturated rings. The molecule has 1 aliphatic rings. The molecule has 3 N–H and O–H groups in total. The number of carbonyl (C=O) groups is 3. The number of aromatic hydroxyl groups is 2. The first kappa shape index (κ1) is 22.2. The number of ether oxygens (including phenoxy) is 1. The highest BCUT2D eigenvalue weighted by atomic mass is 32.2. The van der Waals surface area contributed by atoms with Crippen LogP contribution < -0.4 is 10.1 Å². The summed E-state index contributed by atoms with van der Waals surface area (Å²) in [6.07, 6.45) is 2.08. The van der Waals surface area contributed by atoms with Gasteiger partial charge in [-0.1, -0.05) is 18.2 Å². The Morgan fingerprint density at radius 2 is 1.97 bits per heavy atom. The molecule has 1 aliphatic heterocycles. The van der Waals surface area contributed by atoms with E-state index in [1.807, 2.05) is 0 Å². The molecule has 0 atom stereocenters. The fourth-order valence-electron chi connectivity index (χ4n) is 2.95. The first-order valence-corrected chi connectivity index (χ1v) is 10.4. The van der Waals surface area contributed by atoms with Gasteiger partial charge in [-0.25, -0.2) is 0 Å². The monoisotopic (exact) mass is 442 g/mol. The zero-order valence-electron chi connectivity index (χ0n) is 16.8. The molecule has 1 saturated heterocycles. The summed E-state index contributed by atoms with van der Waals surface area (Å²) in [5, 5.41) is 21.1. The van der Waals surface area contributed by atoms with Gasteiger partial charge in [-0.05, 0) is 59.7 Å². The van der Waals surface area contributed by atoms with Gasteiger partial charge < -0.3 is 20.3 Å². The minimum absolute atomic E-state index is 0.00799. The fourth-order valence-corrected chi connectivity index (χ4v) is 3.81. The molecule has 2 aromatic carbocycles. The Kier molecular flexibility index (Phi) is 7.19. The zero-order chi connectivity index (χ0) is 22.4. The number of carbonyl (C=O) groups excluding carboxylic acids is 3. The second kappa shape index (κ2) is 10.0. The number of imide groups is 1. The summed E-state index contributed by atoms with van der Waals surface area (Å²) in [4.78, 5) is 38.2. The molecule has 0 aromatic heterocycles. The molecule has 0 spiro atoms. The van der Waals surface area contributed by atoms with Crippen LogP contribution in [0.5, 0.6) is 17.2 Å². The Morgan fingerprint density at radius 1 is 1.16 bits per heavy atom. The van der Waals surface area contributed by atoms with Gasteiger partial charge in [0, 0.05) is 19.5 Å². The average molecular weight is 442 g/mol. The summed E-state index contributed by atoms with van der Waals surface area (Å²) < 4.78 is 5.16. The Labute approximate surface area is 183 Å². The van der Waals surface area contributed by atoms with E-state index in [0.717, 1.165) is 27.8 Å². The first-order chi connectivity index (χ1) is 14.9. The molecule has 3 rings (SSSR count).